The predicted octanol–water partition coefficient (Wildman–Crippen LogP) is 1.05. The summed E-state index contributed by atoms with van der Waals surface area (Å²) in [4.78, 5) is 34.7. The number of hydrogen-bond acceptors (Lipinski definition) is 3. The monoisotopic (exact) mass is 268 g/mol. The molecule has 0 amide bonds. The van der Waals surface area contributed by atoms with Crippen molar-refractivity contribution in [3.8, 4) is 0 Å². The Morgan fingerprint density at radius 3 is 2.16 bits per heavy atom. The number of carboxylic acid groups (broad SMARTS) is 3. The lowest BCUT2D eigenvalue weighted by molar-refractivity contribution is -0.208. The Morgan fingerprint density at radius 1 is 0.947 bits per heavy atom. The largest absolute Gasteiger partial charge is 0.481 e. The molecule has 5 atom stereocenters. The van der Waals surface area contributed by atoms with E-state index in [9.17, 15) is 29.7 Å². The van der Waals surface area contributed by atoms with Gasteiger partial charge in [0.15, 0.2) is 0 Å². The van der Waals surface area contributed by atoms with Gasteiger partial charge in [-0.1, -0.05) is 0 Å². The zero-order valence-electron chi connectivity index (χ0n) is 10.3. The van der Waals surface area contributed by atoms with Crippen LogP contribution in [-0.2, 0) is 14.4 Å². The molecule has 0 aliphatic heterocycles. The molecule has 4 aliphatic rings. The third kappa shape index (κ3) is 1.40. The van der Waals surface area contributed by atoms with E-state index < -0.39 is 34.7 Å². The average Bonchev–Trinajstić information content (AvgIpc) is 2.26. The van der Waals surface area contributed by atoms with Gasteiger partial charge in [-0.05, 0) is 43.9 Å². The molecule has 3 N–H and O–H groups in total. The summed E-state index contributed by atoms with van der Waals surface area (Å²) >= 11 is 0. The topological polar surface area (TPSA) is 112 Å². The first-order valence-corrected chi connectivity index (χ1v) is 6.50. The number of carbonyl (C=O) groups is 3. The molecule has 5 unspecified atom stereocenters. The number of aliphatic carboxylic acids is 3. The van der Waals surface area contributed by atoms with E-state index in [2.05, 4.69) is 0 Å². The molecule has 0 aromatic rings. The molecule has 4 fully saturated rings. The lowest BCUT2D eigenvalue weighted by Crippen LogP contribution is -2.63. The van der Waals surface area contributed by atoms with Crippen molar-refractivity contribution < 1.29 is 29.7 Å². The summed E-state index contributed by atoms with van der Waals surface area (Å²) in [5, 5.41) is 28.4. The first kappa shape index (κ1) is 12.4. The van der Waals surface area contributed by atoms with Crippen molar-refractivity contribution in [1.29, 1.82) is 0 Å². The number of carboxylic acids is 3. The van der Waals surface area contributed by atoms with E-state index >= 15 is 0 Å². The van der Waals surface area contributed by atoms with E-state index in [1.807, 2.05) is 0 Å². The van der Waals surface area contributed by atoms with Gasteiger partial charge in [-0.2, -0.15) is 0 Å². The third-order valence-electron chi connectivity index (χ3n) is 5.49. The first-order chi connectivity index (χ1) is 8.81. The van der Waals surface area contributed by atoms with Gasteiger partial charge < -0.3 is 15.3 Å². The van der Waals surface area contributed by atoms with E-state index in [1.165, 1.54) is 0 Å². The fraction of sp³-hybridized carbons (Fsp3) is 0.769. The summed E-state index contributed by atoms with van der Waals surface area (Å²) in [7, 11) is 0. The van der Waals surface area contributed by atoms with Crippen LogP contribution in [0, 0.1) is 28.6 Å². The Kier molecular flexibility index (Phi) is 2.29. The molecule has 6 nitrogen and oxygen atoms in total. The lowest BCUT2D eigenvalue weighted by atomic mass is 9.40. The van der Waals surface area contributed by atoms with Gasteiger partial charge in [0.2, 0.25) is 0 Å². The van der Waals surface area contributed by atoms with E-state index in [1.54, 1.807) is 0 Å². The quantitative estimate of drug-likeness (QED) is 0.705. The van der Waals surface area contributed by atoms with Crippen LogP contribution in [0.4, 0.5) is 0 Å². The maximum absolute atomic E-state index is 11.7. The summed E-state index contributed by atoms with van der Waals surface area (Å²) in [6.45, 7) is 0. The van der Waals surface area contributed by atoms with Crippen LogP contribution >= 0.6 is 0 Å². The van der Waals surface area contributed by atoms with Gasteiger partial charge >= 0.3 is 17.9 Å². The smallest absolute Gasteiger partial charge is 0.310 e. The van der Waals surface area contributed by atoms with Crippen molar-refractivity contribution in [3.05, 3.63) is 0 Å². The summed E-state index contributed by atoms with van der Waals surface area (Å²) in [5.41, 5.74) is -2.40. The van der Waals surface area contributed by atoms with Crippen LogP contribution < -0.4 is 0 Å². The van der Waals surface area contributed by atoms with Crippen LogP contribution in [0.5, 0.6) is 0 Å². The van der Waals surface area contributed by atoms with Crippen molar-refractivity contribution in [3.63, 3.8) is 0 Å². The second-order valence-corrected chi connectivity index (χ2v) is 6.51. The van der Waals surface area contributed by atoms with Gasteiger partial charge in [-0.3, -0.25) is 14.4 Å². The molecule has 0 spiro atoms. The number of hydrogen-bond donors (Lipinski definition) is 3. The molecular weight excluding hydrogens is 252 g/mol. The Morgan fingerprint density at radius 2 is 1.63 bits per heavy atom. The summed E-state index contributed by atoms with van der Waals surface area (Å²) in [6, 6.07) is 0. The minimum Gasteiger partial charge on any atom is -0.481 e. The second kappa shape index (κ2) is 3.49. The van der Waals surface area contributed by atoms with Crippen LogP contribution in [0.2, 0.25) is 0 Å². The van der Waals surface area contributed by atoms with E-state index in [-0.39, 0.29) is 18.3 Å². The molecule has 0 heterocycles. The van der Waals surface area contributed by atoms with Crippen molar-refractivity contribution in [1.82, 2.24) is 0 Å². The lowest BCUT2D eigenvalue weighted by Gasteiger charge is -2.61. The van der Waals surface area contributed by atoms with Crippen LogP contribution in [0.15, 0.2) is 0 Å². The van der Waals surface area contributed by atoms with E-state index in [0.717, 1.165) is 0 Å². The van der Waals surface area contributed by atoms with Crippen LogP contribution in [-0.4, -0.2) is 33.2 Å². The molecule has 0 radical (unpaired) electrons. The standard InChI is InChI=1S/C13H16O6/c14-9(15)8-7-1-6-2-12(4-7,10(16)17)5-13(8,3-6)11(18)19/h6-8H,1-5H2,(H,14,15)(H,16,17)(H,18,19). The zero-order chi connectivity index (χ0) is 14.0. The molecule has 4 rings (SSSR count). The molecule has 4 bridgehead atoms. The van der Waals surface area contributed by atoms with Gasteiger partial charge in [0.1, 0.15) is 0 Å². The fourth-order valence-electron chi connectivity index (χ4n) is 5.15. The highest BCUT2D eigenvalue weighted by Crippen LogP contribution is 2.67. The highest BCUT2D eigenvalue weighted by atomic mass is 16.4. The van der Waals surface area contributed by atoms with Crippen LogP contribution in [0.1, 0.15) is 32.1 Å². The average molecular weight is 268 g/mol. The Hall–Kier alpha value is -1.59. The van der Waals surface area contributed by atoms with Gasteiger partial charge in [0, 0.05) is 0 Å². The highest BCUT2D eigenvalue weighted by Gasteiger charge is 2.69. The molecule has 6 heteroatoms. The minimum atomic E-state index is -1.38. The van der Waals surface area contributed by atoms with E-state index in [0.29, 0.717) is 25.7 Å². The van der Waals surface area contributed by atoms with E-state index in [4.69, 9.17) is 0 Å². The Labute approximate surface area is 109 Å². The summed E-state index contributed by atoms with van der Waals surface area (Å²) < 4.78 is 0. The van der Waals surface area contributed by atoms with Crippen LogP contribution in [0.25, 0.3) is 0 Å². The second-order valence-electron chi connectivity index (χ2n) is 6.51. The SMILES string of the molecule is O=C(O)C1C2CC3CC(C(=O)O)(C2)CC1(C(=O)O)C3. The molecule has 4 aliphatic carbocycles. The van der Waals surface area contributed by atoms with Crippen molar-refractivity contribution >= 4 is 17.9 Å². The maximum Gasteiger partial charge on any atom is 0.310 e. The summed E-state index contributed by atoms with van der Waals surface area (Å²) in [6.07, 6.45) is 1.74. The molecular formula is C13H16O6. The van der Waals surface area contributed by atoms with Gasteiger partial charge in [-0.25, -0.2) is 0 Å². The van der Waals surface area contributed by atoms with Crippen molar-refractivity contribution in [2.45, 2.75) is 32.1 Å². The molecule has 104 valence electrons. The third-order valence-corrected chi connectivity index (χ3v) is 5.49. The summed E-state index contributed by atoms with van der Waals surface area (Å²) in [5.74, 6) is -4.40. The normalized spacial score (nSPS) is 47.1. The first-order valence-electron chi connectivity index (χ1n) is 6.50. The zero-order valence-corrected chi connectivity index (χ0v) is 10.3. The fourth-order valence-corrected chi connectivity index (χ4v) is 5.15. The maximum atomic E-state index is 11.7. The molecule has 19 heavy (non-hydrogen) atoms. The minimum absolute atomic E-state index is 0.0331. The molecule has 0 saturated heterocycles. The Bertz CT molecular complexity index is 486. The van der Waals surface area contributed by atoms with Gasteiger partial charge in [0.05, 0.1) is 16.7 Å². The number of rotatable bonds is 3. The molecule has 4 saturated carbocycles. The molecule has 0 aromatic carbocycles. The van der Waals surface area contributed by atoms with Gasteiger partial charge in [-0.15, -0.1) is 0 Å². The van der Waals surface area contributed by atoms with Crippen molar-refractivity contribution in [2.75, 3.05) is 0 Å². The molecule has 0 aromatic heterocycles. The predicted molar refractivity (Wildman–Crippen MR) is 61.3 cm³/mol. The van der Waals surface area contributed by atoms with Gasteiger partial charge in [0.25, 0.3) is 0 Å². The Balaban J connectivity index is 2.11. The van der Waals surface area contributed by atoms with Crippen LogP contribution in [0.3, 0.4) is 0 Å². The van der Waals surface area contributed by atoms with Crippen molar-refractivity contribution in [2.24, 2.45) is 28.6 Å². The highest BCUT2D eigenvalue weighted by molar-refractivity contribution is 5.87.